The normalized spacial score (nSPS) is 11.0. The first kappa shape index (κ1) is 20.5. The maximum atomic E-state index is 2.35. The van der Waals surface area contributed by atoms with Gasteiger partial charge in [-0.2, -0.15) is 0 Å². The molecule has 1 rings (SSSR count). The molecule has 0 aromatic heterocycles. The molecule has 0 heterocycles. The van der Waals surface area contributed by atoms with Crippen LogP contribution in [0, 0.1) is 5.92 Å². The average Bonchev–Trinajstić information content (AvgIpc) is 2.44. The zero-order valence-electron chi connectivity index (χ0n) is 14.6. The van der Waals surface area contributed by atoms with Crippen LogP contribution < -0.4 is 0 Å². The molecule has 19 heavy (non-hydrogen) atoms. The fourth-order valence-electron chi connectivity index (χ4n) is 2.04. The molecule has 0 amide bonds. The standard InChI is InChI=1S/C15H24.2C2H6/c1-5-6-13(4)11-14-7-9-15(10-8-14)12(2)3;2*1-2/h7-10,12-13H,5-6,11H2,1-4H3;2*1-2H3. The summed E-state index contributed by atoms with van der Waals surface area (Å²) in [6, 6.07) is 9.14. The Hall–Kier alpha value is -0.780. The number of benzene rings is 1. The predicted molar refractivity (Wildman–Crippen MR) is 91.0 cm³/mol. The second-order valence-electron chi connectivity index (χ2n) is 4.99. The van der Waals surface area contributed by atoms with Gasteiger partial charge in [-0.05, 0) is 29.4 Å². The highest BCUT2D eigenvalue weighted by molar-refractivity contribution is 5.24. The van der Waals surface area contributed by atoms with Gasteiger partial charge in [0.1, 0.15) is 0 Å². The molecule has 112 valence electrons. The van der Waals surface area contributed by atoms with Crippen LogP contribution in [0.1, 0.15) is 85.3 Å². The molecular weight excluding hydrogens is 228 g/mol. The zero-order valence-corrected chi connectivity index (χ0v) is 14.6. The minimum absolute atomic E-state index is 0.645. The summed E-state index contributed by atoms with van der Waals surface area (Å²) in [6.45, 7) is 17.1. The van der Waals surface area contributed by atoms with E-state index in [9.17, 15) is 0 Å². The third-order valence-corrected chi connectivity index (χ3v) is 3.01. The number of hydrogen-bond acceptors (Lipinski definition) is 0. The Labute approximate surface area is 122 Å². The fraction of sp³-hybridized carbons (Fsp3) is 0.684. The summed E-state index contributed by atoms with van der Waals surface area (Å²) in [7, 11) is 0. The van der Waals surface area contributed by atoms with Gasteiger partial charge in [0, 0.05) is 0 Å². The van der Waals surface area contributed by atoms with Crippen molar-refractivity contribution in [2.24, 2.45) is 5.92 Å². The summed E-state index contributed by atoms with van der Waals surface area (Å²) >= 11 is 0. The highest BCUT2D eigenvalue weighted by Crippen LogP contribution is 2.18. The van der Waals surface area contributed by atoms with Crippen LogP contribution in [0.5, 0.6) is 0 Å². The molecule has 0 spiro atoms. The molecule has 1 unspecified atom stereocenters. The van der Waals surface area contributed by atoms with E-state index in [2.05, 4.69) is 52.0 Å². The van der Waals surface area contributed by atoms with E-state index in [-0.39, 0.29) is 0 Å². The van der Waals surface area contributed by atoms with Crippen molar-refractivity contribution >= 4 is 0 Å². The third-order valence-electron chi connectivity index (χ3n) is 3.01. The Bertz CT molecular complexity index is 269. The van der Waals surface area contributed by atoms with Crippen LogP contribution in [-0.2, 0) is 6.42 Å². The maximum absolute atomic E-state index is 2.35. The molecule has 1 aromatic rings. The Morgan fingerprint density at radius 3 is 1.68 bits per heavy atom. The van der Waals surface area contributed by atoms with Crippen molar-refractivity contribution in [1.82, 2.24) is 0 Å². The molecule has 0 fully saturated rings. The first-order valence-corrected chi connectivity index (χ1v) is 8.22. The molecule has 0 saturated heterocycles. The van der Waals surface area contributed by atoms with Crippen LogP contribution in [0.4, 0.5) is 0 Å². The lowest BCUT2D eigenvalue weighted by molar-refractivity contribution is 0.522. The van der Waals surface area contributed by atoms with Gasteiger partial charge in [-0.15, -0.1) is 0 Å². The van der Waals surface area contributed by atoms with Crippen molar-refractivity contribution in [1.29, 1.82) is 0 Å². The van der Waals surface area contributed by atoms with Gasteiger partial charge in [-0.3, -0.25) is 0 Å². The molecule has 1 aromatic carbocycles. The van der Waals surface area contributed by atoms with Gasteiger partial charge in [0.2, 0.25) is 0 Å². The highest BCUT2D eigenvalue weighted by atomic mass is 14.1. The molecule has 0 nitrogen and oxygen atoms in total. The fourth-order valence-corrected chi connectivity index (χ4v) is 2.04. The monoisotopic (exact) mass is 264 g/mol. The van der Waals surface area contributed by atoms with E-state index in [0.717, 1.165) is 5.92 Å². The van der Waals surface area contributed by atoms with Crippen molar-refractivity contribution in [3.05, 3.63) is 35.4 Å². The lowest BCUT2D eigenvalue weighted by atomic mass is 9.95. The molecule has 0 heteroatoms. The van der Waals surface area contributed by atoms with E-state index in [0.29, 0.717) is 5.92 Å². The quantitative estimate of drug-likeness (QED) is 0.546. The molecule has 0 aliphatic rings. The van der Waals surface area contributed by atoms with Crippen molar-refractivity contribution in [3.8, 4) is 0 Å². The largest absolute Gasteiger partial charge is 0.0683 e. The second kappa shape index (κ2) is 13.6. The minimum Gasteiger partial charge on any atom is -0.0683 e. The van der Waals surface area contributed by atoms with Crippen LogP contribution in [0.15, 0.2) is 24.3 Å². The summed E-state index contributed by atoms with van der Waals surface area (Å²) in [4.78, 5) is 0. The van der Waals surface area contributed by atoms with Gasteiger partial charge < -0.3 is 0 Å². The minimum atomic E-state index is 0.645. The van der Waals surface area contributed by atoms with E-state index < -0.39 is 0 Å². The highest BCUT2D eigenvalue weighted by Gasteiger charge is 2.03. The van der Waals surface area contributed by atoms with Crippen molar-refractivity contribution in [2.75, 3.05) is 0 Å². The Kier molecular flexibility index (Phi) is 14.8. The smallest absolute Gasteiger partial charge is 0.0219 e. The van der Waals surface area contributed by atoms with E-state index in [1.165, 1.54) is 30.4 Å². The first-order chi connectivity index (χ1) is 9.13. The summed E-state index contributed by atoms with van der Waals surface area (Å²) in [5.41, 5.74) is 2.93. The summed E-state index contributed by atoms with van der Waals surface area (Å²) in [5, 5.41) is 0. The topological polar surface area (TPSA) is 0 Å². The molecule has 0 aliphatic carbocycles. The van der Waals surface area contributed by atoms with Crippen LogP contribution >= 0.6 is 0 Å². The van der Waals surface area contributed by atoms with Crippen LogP contribution in [-0.4, -0.2) is 0 Å². The van der Waals surface area contributed by atoms with E-state index in [1.54, 1.807) is 0 Å². The average molecular weight is 264 g/mol. The van der Waals surface area contributed by atoms with Gasteiger partial charge in [0.15, 0.2) is 0 Å². The van der Waals surface area contributed by atoms with Crippen LogP contribution in [0.2, 0.25) is 0 Å². The molecule has 0 bridgehead atoms. The van der Waals surface area contributed by atoms with Gasteiger partial charge >= 0.3 is 0 Å². The van der Waals surface area contributed by atoms with Gasteiger partial charge in [-0.1, -0.05) is 92.5 Å². The van der Waals surface area contributed by atoms with Crippen molar-refractivity contribution < 1.29 is 0 Å². The van der Waals surface area contributed by atoms with Gasteiger partial charge in [-0.25, -0.2) is 0 Å². The third kappa shape index (κ3) is 9.76. The first-order valence-electron chi connectivity index (χ1n) is 8.22. The molecule has 1 atom stereocenters. The predicted octanol–water partition coefficient (Wildman–Crippen LogP) is 6.84. The van der Waals surface area contributed by atoms with Gasteiger partial charge in [0.05, 0.1) is 0 Å². The maximum Gasteiger partial charge on any atom is -0.0219 e. The Morgan fingerprint density at radius 2 is 1.32 bits per heavy atom. The SMILES string of the molecule is CC.CC.CCCC(C)Cc1ccc(C(C)C)cc1. The van der Waals surface area contributed by atoms with Crippen LogP contribution in [0.3, 0.4) is 0 Å². The van der Waals surface area contributed by atoms with E-state index >= 15 is 0 Å². The molecular formula is C19H36. The molecule has 0 N–H and O–H groups in total. The Morgan fingerprint density at radius 1 is 0.842 bits per heavy atom. The second-order valence-corrected chi connectivity index (χ2v) is 4.99. The molecule has 0 aliphatic heterocycles. The summed E-state index contributed by atoms with van der Waals surface area (Å²) in [5.74, 6) is 1.46. The van der Waals surface area contributed by atoms with Crippen LogP contribution in [0.25, 0.3) is 0 Å². The lowest BCUT2D eigenvalue weighted by Crippen LogP contribution is -1.99. The molecule has 0 radical (unpaired) electrons. The zero-order chi connectivity index (χ0) is 15.3. The molecule has 0 saturated carbocycles. The Balaban J connectivity index is 0. The van der Waals surface area contributed by atoms with E-state index in [1.807, 2.05) is 27.7 Å². The lowest BCUT2D eigenvalue weighted by Gasteiger charge is -2.11. The number of rotatable bonds is 5. The van der Waals surface area contributed by atoms with E-state index in [4.69, 9.17) is 0 Å². The van der Waals surface area contributed by atoms with Crippen molar-refractivity contribution in [2.45, 2.75) is 80.6 Å². The van der Waals surface area contributed by atoms with Crippen molar-refractivity contribution in [3.63, 3.8) is 0 Å². The number of hydrogen-bond donors (Lipinski definition) is 0. The summed E-state index contributed by atoms with van der Waals surface area (Å²) < 4.78 is 0. The van der Waals surface area contributed by atoms with Gasteiger partial charge in [0.25, 0.3) is 0 Å². The summed E-state index contributed by atoms with van der Waals surface area (Å²) in [6.07, 6.45) is 3.86.